The first kappa shape index (κ1) is 24.6. The van der Waals surface area contributed by atoms with Crippen LogP contribution in [0.4, 0.5) is 17.3 Å². The topological polar surface area (TPSA) is 178 Å². The summed E-state index contributed by atoms with van der Waals surface area (Å²) >= 11 is 0. The van der Waals surface area contributed by atoms with Crippen LogP contribution >= 0.6 is 0 Å². The van der Waals surface area contributed by atoms with Crippen molar-refractivity contribution < 1.29 is 22.4 Å². The molecule has 1 aromatic heterocycles. The minimum atomic E-state index is -4.08. The van der Waals surface area contributed by atoms with Crippen LogP contribution in [0.3, 0.4) is 0 Å². The molecule has 186 valence electrons. The van der Waals surface area contributed by atoms with Crippen LogP contribution in [0.2, 0.25) is 0 Å². The third-order valence-corrected chi connectivity index (χ3v) is 7.02. The predicted octanol–water partition coefficient (Wildman–Crippen LogP) is 0.0835. The minimum absolute atomic E-state index is 0.0693. The lowest BCUT2D eigenvalue weighted by atomic mass is 10.1. The molecule has 7 N–H and O–H groups in total. The van der Waals surface area contributed by atoms with E-state index in [1.807, 2.05) is 12.1 Å². The lowest BCUT2D eigenvalue weighted by Gasteiger charge is -2.31. The van der Waals surface area contributed by atoms with Gasteiger partial charge in [0.1, 0.15) is 12.0 Å². The largest absolute Gasteiger partial charge is 0.393 e. The van der Waals surface area contributed by atoms with E-state index in [1.165, 1.54) is 11.9 Å². The van der Waals surface area contributed by atoms with E-state index in [9.17, 15) is 13.5 Å². The smallest absolute Gasteiger partial charge is 0.333 e. The van der Waals surface area contributed by atoms with E-state index in [4.69, 9.17) is 19.8 Å². The Labute approximate surface area is 198 Å². The number of fused-ring (bicyclic) bond motifs is 1. The van der Waals surface area contributed by atoms with Gasteiger partial charge in [-0.15, -0.1) is 0 Å². The molecule has 0 radical (unpaired) electrons. The first-order valence-corrected chi connectivity index (χ1v) is 12.5. The zero-order chi connectivity index (χ0) is 24.5. The maximum atomic E-state index is 11.1. The van der Waals surface area contributed by atoms with E-state index in [-0.39, 0.29) is 24.8 Å². The van der Waals surface area contributed by atoms with Crippen molar-refractivity contribution in [3.05, 3.63) is 41.7 Å². The number of methoxy groups -OCH3 is 1. The monoisotopic (exact) mass is 493 g/mol. The molecular weight excluding hydrogens is 462 g/mol. The van der Waals surface area contributed by atoms with Gasteiger partial charge in [-0.1, -0.05) is 24.3 Å². The average molecular weight is 494 g/mol. The molecule has 0 saturated heterocycles. The van der Waals surface area contributed by atoms with Gasteiger partial charge in [0.05, 0.1) is 30.9 Å². The lowest BCUT2D eigenvalue weighted by Crippen LogP contribution is -2.44. The zero-order valence-corrected chi connectivity index (χ0v) is 19.9. The van der Waals surface area contributed by atoms with Crippen LogP contribution in [-0.4, -0.2) is 62.5 Å². The molecule has 0 aliphatic heterocycles. The molecule has 1 fully saturated rings. The number of hydrazine groups is 1. The Morgan fingerprint density at radius 2 is 2.03 bits per heavy atom. The number of aliphatic hydroxyl groups excluding tert-OH is 1. The third kappa shape index (κ3) is 5.09. The summed E-state index contributed by atoms with van der Waals surface area (Å²) in [5, 5.41) is 20.6. The average Bonchev–Trinajstić information content (AvgIpc) is 3.34. The number of nitrogens with two attached hydrogens (primary N) is 2. The van der Waals surface area contributed by atoms with Gasteiger partial charge in [0.25, 0.3) is 0 Å². The second-order valence-electron chi connectivity index (χ2n) is 8.58. The molecule has 2 aromatic rings. The van der Waals surface area contributed by atoms with E-state index >= 15 is 0 Å². The number of aliphatic hydroxyl groups is 1. The summed E-state index contributed by atoms with van der Waals surface area (Å²) in [7, 11) is -0.672. The number of benzene rings is 1. The highest BCUT2D eigenvalue weighted by molar-refractivity contribution is 7.84. The van der Waals surface area contributed by atoms with Gasteiger partial charge in [-0.25, -0.2) is 20.5 Å². The van der Waals surface area contributed by atoms with Crippen LogP contribution in [0.1, 0.15) is 30.0 Å². The summed E-state index contributed by atoms with van der Waals surface area (Å²) in [6, 6.07) is 7.81. The molecule has 3 unspecified atom stereocenters. The molecule has 0 amide bonds. The molecule has 5 atom stereocenters. The highest BCUT2D eigenvalue weighted by Crippen LogP contribution is 2.39. The van der Waals surface area contributed by atoms with Crippen LogP contribution in [0.5, 0.6) is 0 Å². The summed E-state index contributed by atoms with van der Waals surface area (Å²) in [6.45, 7) is -0.195. The molecular formula is C21H31N7O5S. The zero-order valence-electron chi connectivity index (χ0n) is 19.1. The van der Waals surface area contributed by atoms with E-state index in [0.29, 0.717) is 30.2 Å². The Balaban J connectivity index is 1.54. The molecule has 34 heavy (non-hydrogen) atoms. The Hall–Kier alpha value is -2.55. The van der Waals surface area contributed by atoms with Crippen molar-refractivity contribution in [3.8, 4) is 0 Å². The van der Waals surface area contributed by atoms with Crippen molar-refractivity contribution in [2.75, 3.05) is 36.8 Å². The first-order valence-electron chi connectivity index (χ1n) is 11.0. The molecule has 0 spiro atoms. The molecule has 1 heterocycles. The molecule has 2 aliphatic rings. The molecule has 13 heteroatoms. The van der Waals surface area contributed by atoms with Crippen molar-refractivity contribution in [3.63, 3.8) is 0 Å². The normalized spacial score (nSPS) is 26.4. The fourth-order valence-corrected chi connectivity index (χ4v) is 5.26. The maximum absolute atomic E-state index is 11.1. The fourth-order valence-electron chi connectivity index (χ4n) is 4.90. The van der Waals surface area contributed by atoms with Crippen molar-refractivity contribution in [2.24, 2.45) is 11.1 Å². The minimum Gasteiger partial charge on any atom is -0.393 e. The Morgan fingerprint density at radius 1 is 1.26 bits per heavy atom. The van der Waals surface area contributed by atoms with Gasteiger partial charge in [0.15, 0.2) is 11.6 Å². The van der Waals surface area contributed by atoms with Crippen molar-refractivity contribution >= 4 is 27.6 Å². The highest BCUT2D eigenvalue weighted by Gasteiger charge is 2.39. The number of rotatable bonds is 9. The number of nitrogens with one attached hydrogen (secondary N) is 2. The second-order valence-corrected chi connectivity index (χ2v) is 9.80. The van der Waals surface area contributed by atoms with E-state index < -0.39 is 22.3 Å². The van der Waals surface area contributed by atoms with Crippen LogP contribution in [-0.2, 0) is 25.6 Å². The van der Waals surface area contributed by atoms with Gasteiger partial charge in [-0.05, 0) is 24.0 Å². The van der Waals surface area contributed by atoms with Gasteiger partial charge >= 0.3 is 10.3 Å². The Bertz CT molecular complexity index is 1120. The van der Waals surface area contributed by atoms with Crippen molar-refractivity contribution in [1.82, 2.24) is 15.4 Å². The molecule has 1 saturated carbocycles. The number of aromatic nitrogens is 2. The van der Waals surface area contributed by atoms with Crippen LogP contribution in [0.15, 0.2) is 30.6 Å². The number of hydrogen-bond donors (Lipinski definition) is 5. The second kappa shape index (κ2) is 9.98. The van der Waals surface area contributed by atoms with E-state index in [2.05, 4.69) is 32.8 Å². The highest BCUT2D eigenvalue weighted by atomic mass is 32.2. The van der Waals surface area contributed by atoms with Gasteiger partial charge < -0.3 is 20.9 Å². The van der Waals surface area contributed by atoms with Crippen LogP contribution in [0.25, 0.3) is 0 Å². The lowest BCUT2D eigenvalue weighted by molar-refractivity contribution is 0.0959. The van der Waals surface area contributed by atoms with E-state index in [1.54, 1.807) is 19.2 Å². The molecule has 4 rings (SSSR count). The standard InChI is InChI=1S/C21H31N7O5S/c1-24-28(14-7-13(16(29)9-14)10-33-34(23,30)31)21-18(22)20(25-11-26-21)27-19-15-6-4-3-5-12(15)8-17(19)32-2/h3-6,11,13-14,16-17,19,24,29H,7-10,22H2,1-2H3,(H2,23,30,31)(H,25,26,27)/t13?,14?,16?,17-,19+/m0/s1. The molecule has 2 aliphatic carbocycles. The first-order chi connectivity index (χ1) is 16.2. The summed E-state index contributed by atoms with van der Waals surface area (Å²) in [6.07, 6.45) is 2.19. The fraction of sp³-hybridized carbons (Fsp3) is 0.524. The number of anilines is 3. The molecule has 12 nitrogen and oxygen atoms in total. The summed E-state index contributed by atoms with van der Waals surface area (Å²) in [4.78, 5) is 8.74. The van der Waals surface area contributed by atoms with Gasteiger partial charge in [0.2, 0.25) is 0 Å². The number of hydrogen-bond acceptors (Lipinski definition) is 11. The van der Waals surface area contributed by atoms with Gasteiger partial charge in [-0.3, -0.25) is 9.19 Å². The summed E-state index contributed by atoms with van der Waals surface area (Å²) in [5.41, 5.74) is 12.3. The number of ether oxygens (including phenoxy) is 1. The van der Waals surface area contributed by atoms with Gasteiger partial charge in [0, 0.05) is 26.5 Å². The quantitative estimate of drug-likeness (QED) is 0.299. The van der Waals surface area contributed by atoms with Crippen molar-refractivity contribution in [1.29, 1.82) is 0 Å². The molecule has 0 bridgehead atoms. The summed E-state index contributed by atoms with van der Waals surface area (Å²) in [5.74, 6) is 0.518. The molecule has 1 aromatic carbocycles. The predicted molar refractivity (Wildman–Crippen MR) is 127 cm³/mol. The Kier molecular flexibility index (Phi) is 7.21. The van der Waals surface area contributed by atoms with Crippen LogP contribution in [0, 0.1) is 5.92 Å². The van der Waals surface area contributed by atoms with Crippen molar-refractivity contribution in [2.45, 2.75) is 43.6 Å². The number of nitrogen functional groups attached to an aromatic ring is 1. The van der Waals surface area contributed by atoms with Gasteiger partial charge in [-0.2, -0.15) is 8.42 Å². The third-order valence-electron chi connectivity index (χ3n) is 6.55. The summed E-state index contributed by atoms with van der Waals surface area (Å²) < 4.78 is 32.7. The maximum Gasteiger partial charge on any atom is 0.333 e. The van der Waals surface area contributed by atoms with E-state index in [0.717, 1.165) is 12.0 Å². The Morgan fingerprint density at radius 3 is 2.74 bits per heavy atom. The SMILES string of the molecule is CNN(c1ncnc(N[C@@H]2c3ccccc3C[C@@H]2OC)c1N)C1CC(O)C(COS(N)(=O)=O)C1. The van der Waals surface area contributed by atoms with Crippen LogP contribution < -0.4 is 26.6 Å². The number of nitrogens with zero attached hydrogens (tertiary/aromatic N) is 3.